The van der Waals surface area contributed by atoms with E-state index in [1.54, 1.807) is 0 Å². The molecule has 3 atom stereocenters. The summed E-state index contributed by atoms with van der Waals surface area (Å²) < 4.78 is 7.01. The Balaban J connectivity index is 1.41. The number of pyridine rings is 1. The maximum Gasteiger partial charge on any atom is 0.343 e. The molecule has 2 unspecified atom stereocenters. The van der Waals surface area contributed by atoms with Gasteiger partial charge in [-0.15, -0.1) is 0 Å². The molecule has 1 saturated carbocycles. The highest BCUT2D eigenvalue weighted by Crippen LogP contribution is 2.41. The molecule has 0 radical (unpaired) electrons. The summed E-state index contributed by atoms with van der Waals surface area (Å²) in [5.41, 5.74) is 0.247. The molecule has 33 heavy (non-hydrogen) atoms. The van der Waals surface area contributed by atoms with E-state index >= 15 is 0 Å². The number of esters is 1. The van der Waals surface area contributed by atoms with Crippen LogP contribution in [0.1, 0.15) is 62.6 Å². The van der Waals surface area contributed by atoms with Crippen molar-refractivity contribution in [3.8, 4) is 0 Å². The van der Waals surface area contributed by atoms with E-state index in [0.717, 1.165) is 81.2 Å². The van der Waals surface area contributed by atoms with Crippen molar-refractivity contribution < 1.29 is 19.1 Å². The number of benzene rings is 1. The third kappa shape index (κ3) is 5.82. The lowest BCUT2D eigenvalue weighted by molar-refractivity contribution is -0.917. The maximum absolute atomic E-state index is 13.6. The Kier molecular flexibility index (Phi) is 7.82. The second kappa shape index (κ2) is 10.8. The zero-order valence-corrected chi connectivity index (χ0v) is 20.0. The van der Waals surface area contributed by atoms with Crippen LogP contribution < -0.4 is 0 Å². The Hall–Kier alpha value is -2.24. The Labute approximate surface area is 198 Å². The fourth-order valence-corrected chi connectivity index (χ4v) is 5.84. The number of likely N-dealkylation sites (N-methyl/N-ethyl adjacent to an activating group) is 1. The topological polar surface area (TPSA) is 59.4 Å². The second-order valence-corrected chi connectivity index (χ2v) is 10.3. The predicted octanol–water partition coefficient (Wildman–Crippen LogP) is 4.63. The van der Waals surface area contributed by atoms with Crippen LogP contribution in [-0.2, 0) is 21.6 Å². The average Bonchev–Trinajstić information content (AvgIpc) is 2.85. The molecular formula is C28H39N2O3+. The second-order valence-electron chi connectivity index (χ2n) is 10.3. The smallest absolute Gasteiger partial charge is 0.343 e. The quantitative estimate of drug-likeness (QED) is 0.469. The Bertz CT molecular complexity index is 885. The van der Waals surface area contributed by atoms with Gasteiger partial charge in [0, 0.05) is 30.7 Å². The summed E-state index contributed by atoms with van der Waals surface area (Å²) in [7, 11) is 2.27. The number of nitrogens with zero attached hydrogens (tertiary/aromatic N) is 2. The number of aliphatic hydroxyl groups is 1. The van der Waals surface area contributed by atoms with Crippen molar-refractivity contribution in [2.45, 2.75) is 69.5 Å². The minimum absolute atomic E-state index is 0.0796. The van der Waals surface area contributed by atoms with E-state index in [1.165, 1.54) is 6.42 Å². The molecule has 5 nitrogen and oxygen atoms in total. The molecule has 0 spiro atoms. The molecule has 0 amide bonds. The van der Waals surface area contributed by atoms with Crippen LogP contribution in [0.2, 0.25) is 0 Å². The van der Waals surface area contributed by atoms with Crippen molar-refractivity contribution >= 4 is 5.97 Å². The van der Waals surface area contributed by atoms with Gasteiger partial charge in [0.1, 0.15) is 6.54 Å². The summed E-state index contributed by atoms with van der Waals surface area (Å²) in [6.07, 6.45) is 10.7. The number of hydrogen-bond acceptors (Lipinski definition) is 4. The fraction of sp³-hybridized carbons (Fsp3) is 0.571. The van der Waals surface area contributed by atoms with Gasteiger partial charge in [0.05, 0.1) is 20.1 Å². The molecular weight excluding hydrogens is 412 g/mol. The first-order valence-corrected chi connectivity index (χ1v) is 12.7. The Morgan fingerprint density at radius 3 is 2.55 bits per heavy atom. The third-order valence-corrected chi connectivity index (χ3v) is 7.72. The van der Waals surface area contributed by atoms with Crippen LogP contribution >= 0.6 is 0 Å². The van der Waals surface area contributed by atoms with Gasteiger partial charge in [-0.3, -0.25) is 4.98 Å². The van der Waals surface area contributed by atoms with E-state index in [1.807, 2.05) is 48.7 Å². The number of aromatic nitrogens is 1. The van der Waals surface area contributed by atoms with E-state index in [-0.39, 0.29) is 12.0 Å². The summed E-state index contributed by atoms with van der Waals surface area (Å²) in [6, 6.07) is 15.5. The van der Waals surface area contributed by atoms with Crippen LogP contribution in [0.5, 0.6) is 0 Å². The number of piperidine rings is 1. The molecule has 2 aliphatic rings. The molecule has 2 heterocycles. The van der Waals surface area contributed by atoms with Gasteiger partial charge in [0.25, 0.3) is 0 Å². The van der Waals surface area contributed by atoms with Gasteiger partial charge in [-0.25, -0.2) is 4.79 Å². The van der Waals surface area contributed by atoms with E-state index < -0.39 is 11.6 Å². The number of carbonyl (C=O) groups excluding carboxylic acids is 1. The van der Waals surface area contributed by atoms with Gasteiger partial charge in [-0.1, -0.05) is 55.7 Å². The SMILES string of the molecule is C[N@@+]1(CCCc2ccccn2)CCCC(OC(=O)C(O)(c2ccccc2)C2CCCCC2)C1. The van der Waals surface area contributed by atoms with Crippen molar-refractivity contribution in [1.82, 2.24) is 4.98 Å². The summed E-state index contributed by atoms with van der Waals surface area (Å²) in [6.45, 7) is 2.95. The van der Waals surface area contributed by atoms with Crippen LogP contribution in [0.15, 0.2) is 54.7 Å². The maximum atomic E-state index is 13.6. The van der Waals surface area contributed by atoms with E-state index in [0.29, 0.717) is 5.56 Å². The summed E-state index contributed by atoms with van der Waals surface area (Å²) in [4.78, 5) is 18.0. The fourth-order valence-electron chi connectivity index (χ4n) is 5.84. The lowest BCUT2D eigenvalue weighted by Crippen LogP contribution is -2.55. The molecule has 1 aliphatic carbocycles. The third-order valence-electron chi connectivity index (χ3n) is 7.72. The lowest BCUT2D eigenvalue weighted by Gasteiger charge is -2.42. The first kappa shape index (κ1) is 23.9. The molecule has 178 valence electrons. The summed E-state index contributed by atoms with van der Waals surface area (Å²) in [5.74, 6) is -0.531. The minimum atomic E-state index is -1.55. The van der Waals surface area contributed by atoms with Gasteiger partial charge in [0.15, 0.2) is 11.7 Å². The van der Waals surface area contributed by atoms with Gasteiger partial charge >= 0.3 is 5.97 Å². The highest BCUT2D eigenvalue weighted by Gasteiger charge is 2.48. The Morgan fingerprint density at radius 2 is 1.82 bits per heavy atom. The number of carbonyl (C=O) groups is 1. The van der Waals surface area contributed by atoms with Crippen molar-refractivity contribution in [2.24, 2.45) is 5.92 Å². The van der Waals surface area contributed by atoms with Crippen molar-refractivity contribution in [3.05, 3.63) is 66.0 Å². The summed E-state index contributed by atoms with van der Waals surface area (Å²) in [5, 5.41) is 11.8. The van der Waals surface area contributed by atoms with E-state index in [9.17, 15) is 9.90 Å². The molecule has 4 rings (SSSR count). The van der Waals surface area contributed by atoms with Crippen LogP contribution in [-0.4, -0.2) is 53.3 Å². The number of hydrogen-bond donors (Lipinski definition) is 1. The summed E-state index contributed by atoms with van der Waals surface area (Å²) >= 11 is 0. The van der Waals surface area contributed by atoms with E-state index in [2.05, 4.69) is 18.1 Å². The predicted molar refractivity (Wildman–Crippen MR) is 129 cm³/mol. The molecule has 2 aromatic rings. The number of quaternary nitrogens is 1. The normalized spacial score (nSPS) is 25.8. The zero-order chi connectivity index (χ0) is 23.2. The molecule has 1 aromatic heterocycles. The molecule has 1 aromatic carbocycles. The van der Waals surface area contributed by atoms with E-state index in [4.69, 9.17) is 4.74 Å². The van der Waals surface area contributed by atoms with Gasteiger partial charge in [-0.05, 0) is 43.4 Å². The standard InChI is InChI=1S/C28H39N2O3/c1-30(20-10-17-25-16-8-9-19-29-25)21-11-18-26(22-30)33-27(31)28(32,23-12-4-2-5-13-23)24-14-6-3-7-15-24/h2,4-5,8-9,12-13,16,19,24,26,32H,3,6-7,10-11,14-15,17-18,20-22H2,1H3/q+1/t26?,28?,30-/m1/s1. The van der Waals surface area contributed by atoms with Crippen molar-refractivity contribution in [1.29, 1.82) is 0 Å². The zero-order valence-electron chi connectivity index (χ0n) is 20.0. The van der Waals surface area contributed by atoms with Gasteiger partial charge < -0.3 is 14.3 Å². The molecule has 5 heteroatoms. The van der Waals surface area contributed by atoms with Crippen LogP contribution in [0.4, 0.5) is 0 Å². The Morgan fingerprint density at radius 1 is 1.06 bits per heavy atom. The minimum Gasteiger partial charge on any atom is -0.454 e. The van der Waals surface area contributed by atoms with Gasteiger partial charge in [0.2, 0.25) is 0 Å². The average molecular weight is 452 g/mol. The van der Waals surface area contributed by atoms with Crippen LogP contribution in [0.25, 0.3) is 0 Å². The van der Waals surface area contributed by atoms with Crippen LogP contribution in [0.3, 0.4) is 0 Å². The van der Waals surface area contributed by atoms with Crippen molar-refractivity contribution in [3.63, 3.8) is 0 Å². The highest BCUT2D eigenvalue weighted by atomic mass is 16.6. The van der Waals surface area contributed by atoms with Crippen LogP contribution in [0, 0.1) is 5.92 Å². The largest absolute Gasteiger partial charge is 0.454 e. The first-order valence-electron chi connectivity index (χ1n) is 12.7. The number of rotatable bonds is 8. The number of ether oxygens (including phenoxy) is 1. The molecule has 1 N–H and O–H groups in total. The molecule has 1 aliphatic heterocycles. The molecule has 2 fully saturated rings. The van der Waals surface area contributed by atoms with Crippen molar-refractivity contribution in [2.75, 3.05) is 26.7 Å². The highest BCUT2D eigenvalue weighted by molar-refractivity contribution is 5.81. The number of aryl methyl sites for hydroxylation is 1. The number of likely N-dealkylation sites (tertiary alicyclic amines) is 1. The molecule has 1 saturated heterocycles. The monoisotopic (exact) mass is 451 g/mol. The molecule has 0 bridgehead atoms. The van der Waals surface area contributed by atoms with Gasteiger partial charge in [-0.2, -0.15) is 0 Å². The first-order chi connectivity index (χ1) is 16.0. The lowest BCUT2D eigenvalue weighted by atomic mass is 9.73.